The monoisotopic (exact) mass is 217 g/mol. The molecule has 0 aromatic heterocycles. The van der Waals surface area contributed by atoms with Crippen LogP contribution in [0.3, 0.4) is 0 Å². The first-order valence-electron chi connectivity index (χ1n) is 6.10. The number of rotatable bonds is 2. The number of benzene rings is 1. The second-order valence-corrected chi connectivity index (χ2v) is 5.61. The van der Waals surface area contributed by atoms with E-state index in [1.165, 1.54) is 11.1 Å². The fourth-order valence-electron chi connectivity index (χ4n) is 3.25. The van der Waals surface area contributed by atoms with Crippen LogP contribution in [0.15, 0.2) is 18.2 Å². The van der Waals surface area contributed by atoms with Crippen molar-refractivity contribution in [3.63, 3.8) is 0 Å². The molecule has 1 aliphatic carbocycles. The van der Waals surface area contributed by atoms with Crippen molar-refractivity contribution in [1.29, 1.82) is 0 Å². The highest BCUT2D eigenvalue weighted by atomic mass is 16.5. The number of fused-ring (bicyclic) bond motifs is 1. The van der Waals surface area contributed by atoms with Gasteiger partial charge in [-0.2, -0.15) is 0 Å². The molecular formula is C14H19NO. The Bertz CT molecular complexity index is 425. The minimum atomic E-state index is 0.377. The molecule has 2 atom stereocenters. The zero-order chi connectivity index (χ0) is 11.3. The van der Waals surface area contributed by atoms with Crippen LogP contribution in [0.5, 0.6) is 5.75 Å². The van der Waals surface area contributed by atoms with E-state index in [1.807, 2.05) is 0 Å². The Morgan fingerprint density at radius 3 is 2.94 bits per heavy atom. The first kappa shape index (κ1) is 10.2. The molecule has 1 saturated carbocycles. The van der Waals surface area contributed by atoms with Crippen LogP contribution in [0.25, 0.3) is 0 Å². The van der Waals surface area contributed by atoms with Crippen molar-refractivity contribution in [2.45, 2.75) is 26.2 Å². The third-order valence-electron chi connectivity index (χ3n) is 4.38. The van der Waals surface area contributed by atoms with Gasteiger partial charge in [0.05, 0.1) is 6.61 Å². The van der Waals surface area contributed by atoms with Gasteiger partial charge in [-0.25, -0.2) is 0 Å². The number of hydrogen-bond donors (Lipinski definition) is 1. The predicted octanol–water partition coefficient (Wildman–Crippen LogP) is 2.32. The van der Waals surface area contributed by atoms with Crippen LogP contribution >= 0.6 is 0 Å². The lowest BCUT2D eigenvalue weighted by Crippen LogP contribution is -2.05. The summed E-state index contributed by atoms with van der Waals surface area (Å²) in [5.74, 6) is 2.36. The zero-order valence-corrected chi connectivity index (χ0v) is 9.99. The van der Waals surface area contributed by atoms with Crippen molar-refractivity contribution >= 4 is 0 Å². The van der Waals surface area contributed by atoms with Gasteiger partial charge in [0.25, 0.3) is 0 Å². The second-order valence-electron chi connectivity index (χ2n) is 5.61. The molecule has 16 heavy (non-hydrogen) atoms. The summed E-state index contributed by atoms with van der Waals surface area (Å²) in [4.78, 5) is 0. The smallest absolute Gasteiger partial charge is 0.122 e. The first-order chi connectivity index (χ1) is 7.64. The summed E-state index contributed by atoms with van der Waals surface area (Å²) < 4.78 is 5.53. The third kappa shape index (κ3) is 1.29. The lowest BCUT2D eigenvalue weighted by atomic mass is 10.0. The van der Waals surface area contributed by atoms with E-state index in [9.17, 15) is 0 Å². The van der Waals surface area contributed by atoms with Gasteiger partial charge in [-0.15, -0.1) is 0 Å². The Labute approximate surface area is 96.8 Å². The minimum absolute atomic E-state index is 0.377. The molecule has 0 saturated heterocycles. The largest absolute Gasteiger partial charge is 0.493 e. The van der Waals surface area contributed by atoms with Crippen LogP contribution in [-0.4, -0.2) is 13.2 Å². The van der Waals surface area contributed by atoms with Crippen LogP contribution in [0.4, 0.5) is 0 Å². The Hall–Kier alpha value is -1.02. The minimum Gasteiger partial charge on any atom is -0.493 e. The zero-order valence-electron chi connectivity index (χ0n) is 9.99. The summed E-state index contributed by atoms with van der Waals surface area (Å²) in [7, 11) is 0. The Morgan fingerprint density at radius 2 is 2.25 bits per heavy atom. The van der Waals surface area contributed by atoms with Gasteiger partial charge in [0.2, 0.25) is 0 Å². The van der Waals surface area contributed by atoms with E-state index in [4.69, 9.17) is 10.5 Å². The molecule has 0 bridgehead atoms. The average molecular weight is 217 g/mol. The SMILES string of the molecule is CC1(C)C(CN)C1c1ccc2c(c1)CCO2. The van der Waals surface area contributed by atoms with Crippen molar-refractivity contribution < 1.29 is 4.74 Å². The van der Waals surface area contributed by atoms with Crippen molar-refractivity contribution in [3.8, 4) is 5.75 Å². The molecule has 2 heteroatoms. The molecule has 86 valence electrons. The van der Waals surface area contributed by atoms with Crippen LogP contribution in [0.1, 0.15) is 30.9 Å². The van der Waals surface area contributed by atoms with Crippen molar-refractivity contribution in [3.05, 3.63) is 29.3 Å². The molecule has 2 N–H and O–H groups in total. The molecule has 1 heterocycles. The Morgan fingerprint density at radius 1 is 1.44 bits per heavy atom. The fourth-order valence-corrected chi connectivity index (χ4v) is 3.25. The second kappa shape index (κ2) is 3.24. The van der Waals surface area contributed by atoms with E-state index >= 15 is 0 Å². The maximum absolute atomic E-state index is 5.83. The van der Waals surface area contributed by atoms with Gasteiger partial charge < -0.3 is 10.5 Å². The summed E-state index contributed by atoms with van der Waals surface area (Å²) in [6.45, 7) is 6.27. The van der Waals surface area contributed by atoms with E-state index in [1.54, 1.807) is 0 Å². The van der Waals surface area contributed by atoms with Gasteiger partial charge in [-0.3, -0.25) is 0 Å². The third-order valence-corrected chi connectivity index (χ3v) is 4.38. The topological polar surface area (TPSA) is 35.2 Å². The summed E-state index contributed by atoms with van der Waals surface area (Å²) in [5.41, 5.74) is 9.02. The summed E-state index contributed by atoms with van der Waals surface area (Å²) in [6, 6.07) is 6.66. The summed E-state index contributed by atoms with van der Waals surface area (Å²) >= 11 is 0. The normalized spacial score (nSPS) is 29.7. The molecular weight excluding hydrogens is 198 g/mol. The van der Waals surface area contributed by atoms with Gasteiger partial charge in [-0.05, 0) is 41.0 Å². The molecule has 2 aliphatic rings. The lowest BCUT2D eigenvalue weighted by molar-refractivity contribution is 0.357. The Kier molecular flexibility index (Phi) is 2.05. The molecule has 1 aromatic carbocycles. The van der Waals surface area contributed by atoms with Gasteiger partial charge in [0.1, 0.15) is 5.75 Å². The Balaban J connectivity index is 1.92. The number of ether oxygens (including phenoxy) is 1. The highest BCUT2D eigenvalue weighted by molar-refractivity contribution is 5.43. The molecule has 0 amide bonds. The maximum Gasteiger partial charge on any atom is 0.122 e. The summed E-state index contributed by atoms with van der Waals surface area (Å²) in [6.07, 6.45) is 1.06. The molecule has 2 unspecified atom stereocenters. The predicted molar refractivity (Wildman–Crippen MR) is 64.7 cm³/mol. The van der Waals surface area contributed by atoms with Crippen molar-refractivity contribution in [1.82, 2.24) is 0 Å². The lowest BCUT2D eigenvalue weighted by Gasteiger charge is -2.05. The van der Waals surface area contributed by atoms with Gasteiger partial charge in [0, 0.05) is 6.42 Å². The maximum atomic E-state index is 5.83. The molecule has 2 nitrogen and oxygen atoms in total. The van der Waals surface area contributed by atoms with Crippen molar-refractivity contribution in [2.75, 3.05) is 13.2 Å². The van der Waals surface area contributed by atoms with Gasteiger partial charge >= 0.3 is 0 Å². The molecule has 0 spiro atoms. The highest BCUT2D eigenvalue weighted by Crippen LogP contribution is 2.64. The molecule has 1 aromatic rings. The molecule has 0 radical (unpaired) electrons. The van der Waals surface area contributed by atoms with Gasteiger partial charge in [-0.1, -0.05) is 26.0 Å². The van der Waals surface area contributed by atoms with E-state index in [2.05, 4.69) is 32.0 Å². The van der Waals surface area contributed by atoms with E-state index in [-0.39, 0.29) is 0 Å². The van der Waals surface area contributed by atoms with Crippen LogP contribution < -0.4 is 10.5 Å². The quantitative estimate of drug-likeness (QED) is 0.825. The molecule has 1 aliphatic heterocycles. The number of hydrogen-bond acceptors (Lipinski definition) is 2. The van der Waals surface area contributed by atoms with E-state index < -0.39 is 0 Å². The van der Waals surface area contributed by atoms with Crippen LogP contribution in [0, 0.1) is 11.3 Å². The van der Waals surface area contributed by atoms with E-state index in [0.717, 1.165) is 25.3 Å². The standard InChI is InChI=1S/C14H19NO/c1-14(2)11(8-15)13(14)10-3-4-12-9(7-10)5-6-16-12/h3-4,7,11,13H,5-6,8,15H2,1-2H3. The van der Waals surface area contributed by atoms with Crippen LogP contribution in [-0.2, 0) is 6.42 Å². The highest BCUT2D eigenvalue weighted by Gasteiger charge is 2.57. The molecule has 1 fully saturated rings. The van der Waals surface area contributed by atoms with E-state index in [0.29, 0.717) is 17.3 Å². The first-order valence-corrected chi connectivity index (χ1v) is 6.10. The average Bonchev–Trinajstić information content (AvgIpc) is 2.62. The fraction of sp³-hybridized carbons (Fsp3) is 0.571. The molecule has 3 rings (SSSR count). The summed E-state index contributed by atoms with van der Waals surface area (Å²) in [5, 5.41) is 0. The number of nitrogens with two attached hydrogens (primary N) is 1. The van der Waals surface area contributed by atoms with Crippen LogP contribution in [0.2, 0.25) is 0 Å². The van der Waals surface area contributed by atoms with Crippen molar-refractivity contribution in [2.24, 2.45) is 17.1 Å². The van der Waals surface area contributed by atoms with Gasteiger partial charge in [0.15, 0.2) is 0 Å².